The van der Waals surface area contributed by atoms with Gasteiger partial charge in [-0.05, 0) is 54.3 Å². The fourth-order valence-corrected chi connectivity index (χ4v) is 2.25. The number of anilines is 1. The van der Waals surface area contributed by atoms with Crippen LogP contribution in [-0.2, 0) is 11.2 Å². The summed E-state index contributed by atoms with van der Waals surface area (Å²) >= 11 is 0. The zero-order valence-corrected chi connectivity index (χ0v) is 14.0. The Hall–Kier alpha value is -2.69. The number of carbonyl (C=O) groups is 1. The Balaban J connectivity index is 1.87. The fraction of sp³-hybridized carbons (Fsp3) is 0.250. The van der Waals surface area contributed by atoms with Crippen molar-refractivity contribution in [1.29, 1.82) is 0 Å². The Labute approximate surface area is 146 Å². The molecule has 0 saturated heterocycles. The highest BCUT2D eigenvalue weighted by atomic mass is 19.3. The third-order valence-electron chi connectivity index (χ3n) is 3.57. The van der Waals surface area contributed by atoms with Crippen molar-refractivity contribution in [3.8, 4) is 5.75 Å². The lowest BCUT2D eigenvalue weighted by atomic mass is 10.1. The summed E-state index contributed by atoms with van der Waals surface area (Å²) in [6.45, 7) is -0.694. The monoisotopic (exact) mass is 345 g/mol. The largest absolute Gasteiger partial charge is 0.435 e. The molecule has 0 radical (unpaired) electrons. The minimum atomic E-state index is -2.85. The summed E-state index contributed by atoms with van der Waals surface area (Å²) in [5, 5.41) is 2.78. The Morgan fingerprint density at radius 3 is 2.40 bits per heavy atom. The van der Waals surface area contributed by atoms with Gasteiger partial charge in [-0.15, -0.1) is 0 Å². The van der Waals surface area contributed by atoms with Gasteiger partial charge in [-0.1, -0.05) is 37.6 Å². The van der Waals surface area contributed by atoms with E-state index < -0.39 is 6.61 Å². The second-order valence-corrected chi connectivity index (χ2v) is 5.57. The molecule has 0 fully saturated rings. The molecular weight excluding hydrogens is 324 g/mol. The first-order valence-corrected chi connectivity index (χ1v) is 8.19. The molecule has 132 valence electrons. The smallest absolute Gasteiger partial charge is 0.387 e. The summed E-state index contributed by atoms with van der Waals surface area (Å²) in [5.41, 5.74) is 2.70. The van der Waals surface area contributed by atoms with Gasteiger partial charge in [0.1, 0.15) is 5.75 Å². The predicted molar refractivity (Wildman–Crippen MR) is 95.8 cm³/mol. The number of halogens is 2. The van der Waals surface area contributed by atoms with Crippen LogP contribution in [0.2, 0.25) is 0 Å². The van der Waals surface area contributed by atoms with Gasteiger partial charge in [0, 0.05) is 11.8 Å². The Morgan fingerprint density at radius 2 is 1.80 bits per heavy atom. The number of aryl methyl sites for hydroxylation is 1. The van der Waals surface area contributed by atoms with Gasteiger partial charge in [-0.25, -0.2) is 0 Å². The maximum atomic E-state index is 12.1. The number of ether oxygens (including phenoxy) is 1. The third-order valence-corrected chi connectivity index (χ3v) is 3.57. The number of rotatable bonds is 8. The van der Waals surface area contributed by atoms with Crippen molar-refractivity contribution in [2.75, 3.05) is 5.32 Å². The van der Waals surface area contributed by atoms with Gasteiger partial charge in [0.05, 0.1) is 0 Å². The minimum absolute atomic E-state index is 0.0831. The predicted octanol–water partition coefficient (Wildman–Crippen LogP) is 5.28. The van der Waals surface area contributed by atoms with Gasteiger partial charge in [0.2, 0.25) is 5.91 Å². The highest BCUT2D eigenvalue weighted by Crippen LogP contribution is 2.16. The second kappa shape index (κ2) is 9.57. The maximum absolute atomic E-state index is 12.1. The molecule has 0 aliphatic heterocycles. The van der Waals surface area contributed by atoms with Crippen LogP contribution in [0.5, 0.6) is 5.75 Å². The molecule has 0 saturated carbocycles. The molecular formula is C20H21F2NO2. The van der Waals surface area contributed by atoms with E-state index in [1.807, 2.05) is 24.3 Å². The Kier molecular flexibility index (Phi) is 7.14. The SMILES string of the molecule is CCCCc1ccc(NC(=O)/C=C/c2ccc(OC(F)F)cc2)cc1. The lowest BCUT2D eigenvalue weighted by Crippen LogP contribution is -2.07. The van der Waals surface area contributed by atoms with Crippen LogP contribution in [0, 0.1) is 0 Å². The van der Waals surface area contributed by atoms with Gasteiger partial charge in [0.25, 0.3) is 0 Å². The standard InChI is InChI=1S/C20H21F2NO2/c1-2-3-4-15-5-10-17(11-6-15)23-19(24)14-9-16-7-12-18(13-8-16)25-20(21)22/h5-14,20H,2-4H2,1H3,(H,23,24)/b14-9+. The molecule has 5 heteroatoms. The molecule has 2 aromatic rings. The van der Waals surface area contributed by atoms with Crippen LogP contribution in [0.15, 0.2) is 54.6 Å². The molecule has 0 aliphatic rings. The number of amides is 1. The van der Waals surface area contributed by atoms with Crippen molar-refractivity contribution in [3.05, 3.63) is 65.7 Å². The molecule has 0 atom stereocenters. The first-order valence-electron chi connectivity index (χ1n) is 8.19. The zero-order chi connectivity index (χ0) is 18.1. The fourth-order valence-electron chi connectivity index (χ4n) is 2.25. The number of nitrogens with one attached hydrogen (secondary N) is 1. The van der Waals surface area contributed by atoms with Crippen LogP contribution in [0.4, 0.5) is 14.5 Å². The number of hydrogen-bond donors (Lipinski definition) is 1. The molecule has 0 spiro atoms. The van der Waals surface area contributed by atoms with Gasteiger partial charge >= 0.3 is 6.61 Å². The van der Waals surface area contributed by atoms with Crippen LogP contribution in [0.3, 0.4) is 0 Å². The van der Waals surface area contributed by atoms with Gasteiger partial charge in [-0.2, -0.15) is 8.78 Å². The normalized spacial score (nSPS) is 11.0. The van der Waals surface area contributed by atoms with Gasteiger partial charge < -0.3 is 10.1 Å². The summed E-state index contributed by atoms with van der Waals surface area (Å²) in [6.07, 6.45) is 6.34. The van der Waals surface area contributed by atoms with E-state index in [0.29, 0.717) is 5.56 Å². The van der Waals surface area contributed by atoms with Gasteiger partial charge in [-0.3, -0.25) is 4.79 Å². The summed E-state index contributed by atoms with van der Waals surface area (Å²) in [4.78, 5) is 11.9. The molecule has 0 unspecified atom stereocenters. The highest BCUT2D eigenvalue weighted by molar-refractivity contribution is 6.01. The summed E-state index contributed by atoms with van der Waals surface area (Å²) in [5.74, 6) is -0.172. The van der Waals surface area contributed by atoms with Crippen molar-refractivity contribution >= 4 is 17.7 Å². The van der Waals surface area contributed by atoms with E-state index in [4.69, 9.17) is 0 Å². The first-order chi connectivity index (χ1) is 12.1. The average Bonchev–Trinajstić information content (AvgIpc) is 2.60. The number of alkyl halides is 2. The quantitative estimate of drug-likeness (QED) is 0.661. The highest BCUT2D eigenvalue weighted by Gasteiger charge is 2.03. The van der Waals surface area contributed by atoms with Crippen LogP contribution in [0.1, 0.15) is 30.9 Å². The second-order valence-electron chi connectivity index (χ2n) is 5.57. The van der Waals surface area contributed by atoms with E-state index in [1.165, 1.54) is 23.8 Å². The van der Waals surface area contributed by atoms with Crippen molar-refractivity contribution in [2.45, 2.75) is 32.8 Å². The summed E-state index contributed by atoms with van der Waals surface area (Å²) in [6, 6.07) is 13.8. The van der Waals surface area contributed by atoms with Crippen LogP contribution in [-0.4, -0.2) is 12.5 Å². The molecule has 1 amide bonds. The molecule has 0 bridgehead atoms. The molecule has 2 rings (SSSR count). The number of unbranched alkanes of at least 4 members (excludes halogenated alkanes) is 1. The van der Waals surface area contributed by atoms with Crippen LogP contribution in [0.25, 0.3) is 6.08 Å². The minimum Gasteiger partial charge on any atom is -0.435 e. The van der Waals surface area contributed by atoms with Crippen molar-refractivity contribution in [2.24, 2.45) is 0 Å². The average molecular weight is 345 g/mol. The van der Waals surface area contributed by atoms with Gasteiger partial charge in [0.15, 0.2) is 0 Å². The molecule has 2 aromatic carbocycles. The molecule has 0 aliphatic carbocycles. The van der Waals surface area contributed by atoms with E-state index in [0.717, 1.165) is 24.9 Å². The maximum Gasteiger partial charge on any atom is 0.387 e. The topological polar surface area (TPSA) is 38.3 Å². The van der Waals surface area contributed by atoms with E-state index >= 15 is 0 Å². The first kappa shape index (κ1) is 18.6. The molecule has 1 N–H and O–H groups in total. The molecule has 3 nitrogen and oxygen atoms in total. The number of carbonyl (C=O) groups excluding carboxylic acids is 1. The Bertz CT molecular complexity index is 695. The lowest BCUT2D eigenvalue weighted by Gasteiger charge is -2.05. The van der Waals surface area contributed by atoms with Crippen molar-refractivity contribution in [3.63, 3.8) is 0 Å². The molecule has 0 heterocycles. The molecule has 0 aromatic heterocycles. The van der Waals surface area contributed by atoms with Crippen LogP contribution < -0.4 is 10.1 Å². The van der Waals surface area contributed by atoms with E-state index in [1.54, 1.807) is 18.2 Å². The number of hydrogen-bond acceptors (Lipinski definition) is 2. The van der Waals surface area contributed by atoms with Crippen LogP contribution >= 0.6 is 0 Å². The molecule has 25 heavy (non-hydrogen) atoms. The van der Waals surface area contributed by atoms with E-state index in [2.05, 4.69) is 17.0 Å². The number of benzene rings is 2. The summed E-state index contributed by atoms with van der Waals surface area (Å²) < 4.78 is 28.4. The van der Waals surface area contributed by atoms with Crippen molar-refractivity contribution < 1.29 is 18.3 Å². The van der Waals surface area contributed by atoms with E-state index in [-0.39, 0.29) is 11.7 Å². The van der Waals surface area contributed by atoms with E-state index in [9.17, 15) is 13.6 Å². The third kappa shape index (κ3) is 6.75. The Morgan fingerprint density at radius 1 is 1.12 bits per heavy atom. The van der Waals surface area contributed by atoms with Crippen molar-refractivity contribution in [1.82, 2.24) is 0 Å². The zero-order valence-electron chi connectivity index (χ0n) is 14.0. The lowest BCUT2D eigenvalue weighted by molar-refractivity contribution is -0.111. The summed E-state index contributed by atoms with van der Waals surface area (Å²) in [7, 11) is 0.